The van der Waals surface area contributed by atoms with Crippen LogP contribution >= 0.6 is 0 Å². The molecule has 0 heterocycles. The summed E-state index contributed by atoms with van der Waals surface area (Å²) in [5, 5.41) is 2.68. The van der Waals surface area contributed by atoms with Gasteiger partial charge in [-0.1, -0.05) is 29.8 Å². The average molecular weight is 372 g/mol. The van der Waals surface area contributed by atoms with Crippen LogP contribution < -0.4 is 5.32 Å². The van der Waals surface area contributed by atoms with Crippen molar-refractivity contribution in [1.82, 2.24) is 4.90 Å². The molecule has 2 aromatic carbocycles. The fourth-order valence-corrected chi connectivity index (χ4v) is 2.34. The van der Waals surface area contributed by atoms with Crippen molar-refractivity contribution in [3.63, 3.8) is 0 Å². The van der Waals surface area contributed by atoms with Crippen molar-refractivity contribution in [2.24, 2.45) is 0 Å². The maximum atomic E-state index is 13.6. The van der Waals surface area contributed by atoms with Gasteiger partial charge in [-0.2, -0.15) is 0 Å². The Balaban J connectivity index is 1.89. The van der Waals surface area contributed by atoms with Crippen LogP contribution in [0.2, 0.25) is 0 Å². The summed E-state index contributed by atoms with van der Waals surface area (Å²) in [5.74, 6) is -2.62. The van der Waals surface area contributed by atoms with Crippen LogP contribution in [0.4, 0.5) is 10.1 Å². The van der Waals surface area contributed by atoms with Gasteiger partial charge in [0.25, 0.3) is 5.91 Å². The van der Waals surface area contributed by atoms with E-state index < -0.39 is 23.8 Å². The van der Waals surface area contributed by atoms with Crippen molar-refractivity contribution in [1.29, 1.82) is 0 Å². The first-order valence-electron chi connectivity index (χ1n) is 8.35. The maximum Gasteiger partial charge on any atom is 0.341 e. The van der Waals surface area contributed by atoms with Crippen molar-refractivity contribution in [3.05, 3.63) is 65.5 Å². The van der Waals surface area contributed by atoms with Crippen LogP contribution in [-0.4, -0.2) is 42.4 Å². The Labute approximate surface area is 156 Å². The zero-order valence-electron chi connectivity index (χ0n) is 15.4. The van der Waals surface area contributed by atoms with Crippen molar-refractivity contribution >= 4 is 23.5 Å². The minimum absolute atomic E-state index is 0.214. The minimum atomic E-state index is -1.16. The van der Waals surface area contributed by atoms with Crippen LogP contribution in [0.15, 0.2) is 48.5 Å². The predicted octanol–water partition coefficient (Wildman–Crippen LogP) is 2.78. The SMILES string of the molecule is Cc1ccc(NC(=O)CN(C)C(=O)[C@@H](C)OC(=O)c2ccccc2F)cc1. The molecular formula is C20H21FN2O4. The van der Waals surface area contributed by atoms with E-state index in [9.17, 15) is 18.8 Å². The summed E-state index contributed by atoms with van der Waals surface area (Å²) in [6.45, 7) is 3.09. The molecule has 6 nitrogen and oxygen atoms in total. The maximum absolute atomic E-state index is 13.6. The molecule has 0 bridgehead atoms. The van der Waals surface area contributed by atoms with E-state index in [0.717, 1.165) is 16.5 Å². The highest BCUT2D eigenvalue weighted by molar-refractivity contribution is 5.96. The minimum Gasteiger partial charge on any atom is -0.449 e. The first-order chi connectivity index (χ1) is 12.8. The molecule has 0 aliphatic rings. The number of nitrogens with zero attached hydrogens (tertiary/aromatic N) is 1. The summed E-state index contributed by atoms with van der Waals surface area (Å²) in [6, 6.07) is 12.6. The van der Waals surface area contributed by atoms with Gasteiger partial charge in [-0.15, -0.1) is 0 Å². The predicted molar refractivity (Wildman–Crippen MR) is 98.7 cm³/mol. The monoisotopic (exact) mass is 372 g/mol. The molecule has 2 amide bonds. The fourth-order valence-electron chi connectivity index (χ4n) is 2.34. The lowest BCUT2D eigenvalue weighted by atomic mass is 10.2. The smallest absolute Gasteiger partial charge is 0.341 e. The number of benzene rings is 2. The molecule has 1 N–H and O–H groups in total. The molecule has 0 saturated carbocycles. The van der Waals surface area contributed by atoms with Gasteiger partial charge in [0.05, 0.1) is 12.1 Å². The standard InChI is InChI=1S/C20H21FN2O4/c1-13-8-10-15(11-9-13)22-18(24)12-23(3)19(25)14(2)27-20(26)16-6-4-5-7-17(16)21/h4-11,14H,12H2,1-3H3,(H,22,24)/t14-/m1/s1. The molecule has 142 valence electrons. The lowest BCUT2D eigenvalue weighted by molar-refractivity contribution is -0.140. The van der Waals surface area contributed by atoms with E-state index in [4.69, 9.17) is 4.74 Å². The highest BCUT2D eigenvalue weighted by atomic mass is 19.1. The molecule has 7 heteroatoms. The van der Waals surface area contributed by atoms with E-state index in [1.54, 1.807) is 12.1 Å². The number of carbonyl (C=O) groups excluding carboxylic acids is 3. The van der Waals surface area contributed by atoms with Gasteiger partial charge in [0, 0.05) is 12.7 Å². The van der Waals surface area contributed by atoms with Gasteiger partial charge in [0.1, 0.15) is 5.82 Å². The Bertz CT molecular complexity index is 836. The van der Waals surface area contributed by atoms with Gasteiger partial charge in [0.15, 0.2) is 6.10 Å². The Hall–Kier alpha value is -3.22. The molecule has 2 aromatic rings. The third kappa shape index (κ3) is 5.64. The molecule has 0 aliphatic carbocycles. The first-order valence-corrected chi connectivity index (χ1v) is 8.35. The highest BCUT2D eigenvalue weighted by Gasteiger charge is 2.24. The average Bonchev–Trinajstić information content (AvgIpc) is 2.63. The number of aryl methyl sites for hydroxylation is 1. The van der Waals surface area contributed by atoms with Crippen LogP contribution in [0.3, 0.4) is 0 Å². The van der Waals surface area contributed by atoms with Gasteiger partial charge in [-0.3, -0.25) is 9.59 Å². The van der Waals surface area contributed by atoms with E-state index in [-0.39, 0.29) is 18.0 Å². The number of rotatable bonds is 6. The summed E-state index contributed by atoms with van der Waals surface area (Å²) in [5.41, 5.74) is 1.42. The van der Waals surface area contributed by atoms with Crippen molar-refractivity contribution in [2.75, 3.05) is 18.9 Å². The normalized spacial score (nSPS) is 11.4. The molecule has 0 aliphatic heterocycles. The number of carbonyl (C=O) groups is 3. The van der Waals surface area contributed by atoms with Gasteiger partial charge < -0.3 is 15.0 Å². The number of amides is 2. The highest BCUT2D eigenvalue weighted by Crippen LogP contribution is 2.11. The number of esters is 1. The van der Waals surface area contributed by atoms with Crippen LogP contribution in [0.5, 0.6) is 0 Å². The summed E-state index contributed by atoms with van der Waals surface area (Å²) in [4.78, 5) is 37.5. The Morgan fingerprint density at radius 3 is 2.37 bits per heavy atom. The molecule has 0 unspecified atom stereocenters. The number of ether oxygens (including phenoxy) is 1. The van der Waals surface area contributed by atoms with E-state index in [0.29, 0.717) is 5.69 Å². The van der Waals surface area contributed by atoms with E-state index in [1.165, 1.54) is 32.2 Å². The third-order valence-corrected chi connectivity index (χ3v) is 3.82. The molecule has 1 atom stereocenters. The fraction of sp³-hybridized carbons (Fsp3) is 0.250. The van der Waals surface area contributed by atoms with Crippen LogP contribution in [0.1, 0.15) is 22.8 Å². The molecule has 0 fully saturated rings. The topological polar surface area (TPSA) is 75.7 Å². The quantitative estimate of drug-likeness (QED) is 0.791. The van der Waals surface area contributed by atoms with Crippen molar-refractivity contribution < 1.29 is 23.5 Å². The van der Waals surface area contributed by atoms with E-state index >= 15 is 0 Å². The van der Waals surface area contributed by atoms with E-state index in [2.05, 4.69) is 5.32 Å². The second-order valence-electron chi connectivity index (χ2n) is 6.14. The zero-order chi connectivity index (χ0) is 20.0. The number of nitrogens with one attached hydrogen (secondary N) is 1. The summed E-state index contributed by atoms with van der Waals surface area (Å²) >= 11 is 0. The van der Waals surface area contributed by atoms with E-state index in [1.807, 2.05) is 19.1 Å². The van der Waals surface area contributed by atoms with Gasteiger partial charge in [-0.05, 0) is 38.1 Å². The van der Waals surface area contributed by atoms with Gasteiger partial charge in [0.2, 0.25) is 5.91 Å². The number of halogens is 1. The molecule has 0 radical (unpaired) electrons. The number of anilines is 1. The Morgan fingerprint density at radius 2 is 1.74 bits per heavy atom. The van der Waals surface area contributed by atoms with Gasteiger partial charge in [-0.25, -0.2) is 9.18 Å². The Kier molecular flexibility index (Phi) is 6.65. The number of hydrogen-bond acceptors (Lipinski definition) is 4. The lowest BCUT2D eigenvalue weighted by Crippen LogP contribution is -2.41. The second kappa shape index (κ2) is 8.93. The summed E-state index contributed by atoms with van der Waals surface area (Å²) < 4.78 is 18.6. The van der Waals surface area contributed by atoms with Gasteiger partial charge >= 0.3 is 5.97 Å². The largest absolute Gasteiger partial charge is 0.449 e. The summed E-state index contributed by atoms with van der Waals surface area (Å²) in [6.07, 6.45) is -1.16. The van der Waals surface area contributed by atoms with Crippen LogP contribution in [-0.2, 0) is 14.3 Å². The molecule has 0 aromatic heterocycles. The van der Waals surface area contributed by atoms with Crippen molar-refractivity contribution in [2.45, 2.75) is 20.0 Å². The zero-order valence-corrected chi connectivity index (χ0v) is 15.4. The second-order valence-corrected chi connectivity index (χ2v) is 6.14. The first kappa shape index (κ1) is 20.1. The van der Waals surface area contributed by atoms with Crippen molar-refractivity contribution in [3.8, 4) is 0 Å². The number of likely N-dealkylation sites (N-methyl/N-ethyl adjacent to an activating group) is 1. The third-order valence-electron chi connectivity index (χ3n) is 3.82. The molecule has 0 saturated heterocycles. The van der Waals surface area contributed by atoms with Crippen LogP contribution in [0.25, 0.3) is 0 Å². The molecule has 27 heavy (non-hydrogen) atoms. The molecule has 0 spiro atoms. The summed E-state index contributed by atoms with van der Waals surface area (Å²) in [7, 11) is 1.42. The number of hydrogen-bond donors (Lipinski definition) is 1. The molecular weight excluding hydrogens is 351 g/mol. The van der Waals surface area contributed by atoms with Crippen LogP contribution in [0, 0.1) is 12.7 Å². The Morgan fingerprint density at radius 1 is 1.11 bits per heavy atom. The lowest BCUT2D eigenvalue weighted by Gasteiger charge is -2.21. The molecule has 2 rings (SSSR count).